The van der Waals surface area contributed by atoms with Gasteiger partial charge in [-0.3, -0.25) is 27.7 Å². The van der Waals surface area contributed by atoms with Crippen LogP contribution in [0.3, 0.4) is 0 Å². The van der Waals surface area contributed by atoms with Crippen LogP contribution in [0.15, 0.2) is 0 Å². The first-order valence-corrected chi connectivity index (χ1v) is 30.4. The topological polar surface area (TPSA) is 225 Å². The maximum Gasteiger partial charge on any atom is 0.472 e. The summed E-state index contributed by atoms with van der Waals surface area (Å²) in [5, 5.41) is 30.1. The highest BCUT2D eigenvalue weighted by molar-refractivity contribution is 7.47. The van der Waals surface area contributed by atoms with E-state index in [0.29, 0.717) is 12.8 Å². The smallest absolute Gasteiger partial charge is 0.463 e. The minimum atomic E-state index is -4.78. The van der Waals surface area contributed by atoms with Crippen LogP contribution in [0, 0.1) is 0 Å². The molecule has 0 aromatic heterocycles. The van der Waals surface area contributed by atoms with E-state index in [0.717, 1.165) is 38.5 Å². The van der Waals surface area contributed by atoms with Crippen LogP contribution in [0.5, 0.6) is 0 Å². The summed E-state index contributed by atoms with van der Waals surface area (Å²) in [6.07, 6.45) is 40.9. The van der Waals surface area contributed by atoms with Crippen LogP contribution in [0.4, 0.5) is 0 Å². The van der Waals surface area contributed by atoms with Crippen molar-refractivity contribution in [3.05, 3.63) is 0 Å². The summed E-state index contributed by atoms with van der Waals surface area (Å²) in [4.78, 5) is 43.9. The van der Waals surface area contributed by atoms with Crippen molar-refractivity contribution < 1.29 is 71.4 Å². The Morgan fingerprint density at radius 3 is 0.706 bits per heavy atom. The number of aliphatic hydroxyl groups excluding tert-OH is 3. The molecule has 0 aliphatic rings. The summed E-state index contributed by atoms with van der Waals surface area (Å²) in [5.41, 5.74) is 0. The van der Waals surface area contributed by atoms with Crippen LogP contribution in [-0.4, -0.2) is 95.0 Å². The molecule has 0 aromatic carbocycles. The van der Waals surface area contributed by atoms with Crippen LogP contribution < -0.4 is 0 Å². The average molecular weight is 1020 g/mol. The monoisotopic (exact) mass is 1020 g/mol. The summed E-state index contributed by atoms with van der Waals surface area (Å²) in [5.74, 6) is -0.979. The SMILES string of the molecule is CCCCCCCCCCCCCCCCCCCCCCCC(=O)OCC(O)COP(=O)(O)OCC(O)COP(=O)(O)OCC(O)COC(=O)CCCCCCCCCCCCCCCCC. The predicted octanol–water partition coefficient (Wildman–Crippen LogP) is 13.3. The van der Waals surface area contributed by atoms with E-state index in [2.05, 4.69) is 22.9 Å². The second-order valence-corrected chi connectivity index (χ2v) is 21.9. The molecule has 15 nitrogen and oxygen atoms in total. The summed E-state index contributed by atoms with van der Waals surface area (Å²) < 4.78 is 53.1. The van der Waals surface area contributed by atoms with E-state index >= 15 is 0 Å². The third kappa shape index (κ3) is 50.0. The van der Waals surface area contributed by atoms with Crippen molar-refractivity contribution in [1.29, 1.82) is 0 Å². The second-order valence-electron chi connectivity index (χ2n) is 19.0. The molecule has 5 unspecified atom stereocenters. The maximum absolute atomic E-state index is 12.2. The van der Waals surface area contributed by atoms with Crippen LogP contribution >= 0.6 is 15.6 Å². The first-order chi connectivity index (χ1) is 32.8. The van der Waals surface area contributed by atoms with E-state index in [1.807, 2.05) is 0 Å². The van der Waals surface area contributed by atoms with Crippen molar-refractivity contribution in [3.63, 3.8) is 0 Å². The zero-order chi connectivity index (χ0) is 50.2. The highest BCUT2D eigenvalue weighted by atomic mass is 31.2. The Morgan fingerprint density at radius 2 is 0.500 bits per heavy atom. The van der Waals surface area contributed by atoms with E-state index in [-0.39, 0.29) is 12.8 Å². The number of aliphatic hydroxyl groups is 3. The molecule has 0 saturated heterocycles. The average Bonchev–Trinajstić information content (AvgIpc) is 3.31. The largest absolute Gasteiger partial charge is 0.472 e. The van der Waals surface area contributed by atoms with E-state index in [9.17, 15) is 43.8 Å². The Labute approximate surface area is 413 Å². The van der Waals surface area contributed by atoms with Crippen molar-refractivity contribution in [3.8, 4) is 0 Å². The van der Waals surface area contributed by atoms with Gasteiger partial charge in [0.15, 0.2) is 0 Å². The summed E-state index contributed by atoms with van der Waals surface area (Å²) in [7, 11) is -9.56. The number of unbranched alkanes of at least 4 members (excludes halogenated alkanes) is 34. The Morgan fingerprint density at radius 1 is 0.324 bits per heavy atom. The molecule has 0 fully saturated rings. The quantitative estimate of drug-likeness (QED) is 0.0217. The normalized spacial score (nSPS) is 14.9. The lowest BCUT2D eigenvalue weighted by atomic mass is 10.0. The molecule has 0 rings (SSSR count). The lowest BCUT2D eigenvalue weighted by Crippen LogP contribution is -2.25. The number of esters is 2. The lowest BCUT2D eigenvalue weighted by molar-refractivity contribution is -0.148. The molecular formula is C51H102O15P2. The first kappa shape index (κ1) is 67.0. The molecule has 0 aliphatic heterocycles. The molecule has 406 valence electrons. The standard InChI is InChI=1S/C51H102O15P2/c1-3-5-7-9-11-13-15-17-19-20-21-22-23-24-26-28-30-32-34-36-38-40-51(56)62-42-48(53)44-64-68(59,60)66-46-49(54)45-65-67(57,58)63-43-47(52)41-61-50(55)39-37-35-33-31-29-27-25-18-16-14-12-10-8-6-4-2/h47-49,52-54H,3-46H2,1-2H3,(H,57,58)(H,59,60). The number of hydrogen-bond acceptors (Lipinski definition) is 13. The molecule has 0 aromatic rings. The van der Waals surface area contributed by atoms with Gasteiger partial charge in [0.25, 0.3) is 0 Å². The number of ether oxygens (including phenoxy) is 2. The van der Waals surface area contributed by atoms with E-state index < -0.39 is 85.5 Å². The fourth-order valence-corrected chi connectivity index (χ4v) is 9.40. The highest BCUT2D eigenvalue weighted by Gasteiger charge is 2.28. The summed E-state index contributed by atoms with van der Waals surface area (Å²) in [6, 6.07) is 0. The van der Waals surface area contributed by atoms with Gasteiger partial charge in [-0.25, -0.2) is 9.13 Å². The number of phosphoric acid groups is 2. The van der Waals surface area contributed by atoms with Crippen molar-refractivity contribution >= 4 is 27.6 Å². The minimum Gasteiger partial charge on any atom is -0.463 e. The van der Waals surface area contributed by atoms with Gasteiger partial charge in [-0.2, -0.15) is 0 Å². The molecule has 0 radical (unpaired) electrons. The van der Waals surface area contributed by atoms with E-state index in [1.165, 1.54) is 180 Å². The van der Waals surface area contributed by atoms with Gasteiger partial charge in [-0.15, -0.1) is 0 Å². The molecule has 0 aliphatic carbocycles. The molecule has 0 heterocycles. The van der Waals surface area contributed by atoms with Gasteiger partial charge in [0.2, 0.25) is 0 Å². The Balaban J connectivity index is 3.78. The van der Waals surface area contributed by atoms with Gasteiger partial charge in [-0.1, -0.05) is 232 Å². The van der Waals surface area contributed by atoms with Gasteiger partial charge < -0.3 is 34.6 Å². The zero-order valence-corrected chi connectivity index (χ0v) is 44.8. The van der Waals surface area contributed by atoms with Crippen molar-refractivity contribution in [2.75, 3.05) is 39.6 Å². The van der Waals surface area contributed by atoms with Crippen molar-refractivity contribution in [1.82, 2.24) is 0 Å². The molecule has 68 heavy (non-hydrogen) atoms. The molecule has 0 saturated carbocycles. The van der Waals surface area contributed by atoms with E-state index in [1.54, 1.807) is 0 Å². The van der Waals surface area contributed by atoms with Gasteiger partial charge in [-0.05, 0) is 12.8 Å². The number of carbonyl (C=O) groups excluding carboxylic acids is 2. The van der Waals surface area contributed by atoms with Crippen LogP contribution in [0.25, 0.3) is 0 Å². The minimum absolute atomic E-state index is 0.203. The molecule has 5 N–H and O–H groups in total. The van der Waals surface area contributed by atoms with Gasteiger partial charge in [0.1, 0.15) is 31.5 Å². The van der Waals surface area contributed by atoms with Crippen LogP contribution in [0.1, 0.15) is 258 Å². The summed E-state index contributed by atoms with van der Waals surface area (Å²) >= 11 is 0. The van der Waals surface area contributed by atoms with Gasteiger partial charge >= 0.3 is 27.6 Å². The van der Waals surface area contributed by atoms with Crippen LogP contribution in [0.2, 0.25) is 0 Å². The molecule has 0 spiro atoms. The zero-order valence-electron chi connectivity index (χ0n) is 43.1. The Hall–Kier alpha value is -0.960. The summed E-state index contributed by atoms with van der Waals surface area (Å²) in [6.45, 7) is 0.499. The molecule has 0 bridgehead atoms. The van der Waals surface area contributed by atoms with E-state index in [4.69, 9.17) is 18.5 Å². The third-order valence-corrected chi connectivity index (χ3v) is 14.0. The molecular weight excluding hydrogens is 914 g/mol. The van der Waals surface area contributed by atoms with Gasteiger partial charge in [0.05, 0.1) is 26.4 Å². The number of phosphoric ester groups is 2. The fraction of sp³-hybridized carbons (Fsp3) is 0.961. The first-order valence-electron chi connectivity index (χ1n) is 27.4. The molecule has 5 atom stereocenters. The van der Waals surface area contributed by atoms with Crippen molar-refractivity contribution in [2.24, 2.45) is 0 Å². The number of rotatable bonds is 54. The fourth-order valence-electron chi connectivity index (χ4n) is 7.80. The number of carbonyl (C=O) groups is 2. The Kier molecular flexibility index (Phi) is 47.6. The molecule has 0 amide bonds. The van der Waals surface area contributed by atoms with Crippen molar-refractivity contribution in [2.45, 2.75) is 276 Å². The third-order valence-electron chi connectivity index (χ3n) is 12.1. The van der Waals surface area contributed by atoms with Crippen LogP contribution in [-0.2, 0) is 46.3 Å². The molecule has 17 heteroatoms. The maximum atomic E-state index is 12.2. The Bertz CT molecular complexity index is 1230. The number of hydrogen-bond donors (Lipinski definition) is 5. The lowest BCUT2D eigenvalue weighted by Gasteiger charge is -2.19. The second kappa shape index (κ2) is 48.3. The van der Waals surface area contributed by atoms with Gasteiger partial charge in [0, 0.05) is 12.8 Å². The predicted molar refractivity (Wildman–Crippen MR) is 270 cm³/mol. The highest BCUT2D eigenvalue weighted by Crippen LogP contribution is 2.45.